The molecule has 1 aliphatic carbocycles. The number of hydrogen-bond donors (Lipinski definition) is 1. The van der Waals surface area contributed by atoms with Crippen LogP contribution >= 0.6 is 69.6 Å². The smallest absolute Gasteiger partial charge is 0.425 e. The zero-order chi connectivity index (χ0) is 28.9. The first-order chi connectivity index (χ1) is 18.1. The van der Waals surface area contributed by atoms with Gasteiger partial charge in [-0.3, -0.25) is 4.79 Å². The largest absolute Gasteiger partial charge is 0.437 e. The highest BCUT2D eigenvalue weighted by molar-refractivity contribution is 6.56. The Morgan fingerprint density at radius 3 is 2.46 bits per heavy atom. The molecule has 1 amide bonds. The average Bonchev–Trinajstić information content (AvgIpc) is 3.29. The van der Waals surface area contributed by atoms with Crippen molar-refractivity contribution in [2.24, 2.45) is 7.05 Å². The fraction of sp³-hybridized carbons (Fsp3) is 0.364. The Bertz CT molecular complexity index is 1460. The van der Waals surface area contributed by atoms with Gasteiger partial charge in [0.05, 0.1) is 22.9 Å². The molecule has 2 heterocycles. The number of aromatic nitrogens is 4. The maximum Gasteiger partial charge on any atom is 0.425 e. The zero-order valence-corrected chi connectivity index (χ0v) is 23.9. The molecule has 1 aromatic carbocycles. The summed E-state index contributed by atoms with van der Waals surface area (Å²) in [7, 11) is 1.22. The zero-order valence-electron chi connectivity index (χ0n) is 19.4. The molecule has 0 aliphatic heterocycles. The van der Waals surface area contributed by atoms with E-state index in [0.29, 0.717) is 24.0 Å². The molecule has 1 N–H and O–H groups in total. The number of rotatable bonds is 8. The standard InChI is InChI=1S/C22H15Cl6F3N6O2/c1-36-19(14(22(29,30)31)18(35-36)39-21(27,28)15(24)16(25)26)37-8-11(7-33-37)10-2-3-13(23)12(6-10)17(38)34-20(9-32)4-5-20/h2-3,6-8,15-16H,4-5H2,1H3,(H,34,38). The number of carbonyl (C=O) groups is 1. The summed E-state index contributed by atoms with van der Waals surface area (Å²) >= 11 is 35.4. The number of hydrogen-bond acceptors (Lipinski definition) is 5. The van der Waals surface area contributed by atoms with Crippen molar-refractivity contribution in [2.45, 2.75) is 39.3 Å². The molecule has 0 bridgehead atoms. The lowest BCUT2D eigenvalue weighted by Gasteiger charge is -2.26. The predicted octanol–water partition coefficient (Wildman–Crippen LogP) is 6.65. The highest BCUT2D eigenvalue weighted by Crippen LogP contribution is 2.44. The Morgan fingerprint density at radius 1 is 1.23 bits per heavy atom. The van der Waals surface area contributed by atoms with Gasteiger partial charge in [-0.1, -0.05) is 40.9 Å². The van der Waals surface area contributed by atoms with E-state index in [1.54, 1.807) is 6.07 Å². The van der Waals surface area contributed by atoms with Gasteiger partial charge < -0.3 is 10.1 Å². The molecule has 17 heteroatoms. The molecule has 1 fully saturated rings. The number of halogens is 9. The van der Waals surface area contributed by atoms with Gasteiger partial charge in [0.2, 0.25) is 5.88 Å². The second kappa shape index (κ2) is 10.7. The molecule has 0 spiro atoms. The third kappa shape index (κ3) is 6.16. The molecular weight excluding hydrogens is 650 g/mol. The van der Waals surface area contributed by atoms with Crippen molar-refractivity contribution >= 4 is 75.5 Å². The van der Waals surface area contributed by atoms with Gasteiger partial charge in [0.25, 0.3) is 10.4 Å². The summed E-state index contributed by atoms with van der Waals surface area (Å²) < 4.78 is 47.0. The summed E-state index contributed by atoms with van der Waals surface area (Å²) in [5, 5.41) is 18.3. The van der Waals surface area contributed by atoms with Crippen LogP contribution in [0.5, 0.6) is 5.88 Å². The fourth-order valence-corrected chi connectivity index (χ4v) is 4.81. The van der Waals surface area contributed by atoms with Gasteiger partial charge in [-0.15, -0.1) is 39.9 Å². The number of ether oxygens (including phenoxy) is 1. The number of amides is 1. The number of aryl methyl sites for hydroxylation is 1. The first-order valence-corrected chi connectivity index (χ1v) is 13.2. The third-order valence-electron chi connectivity index (χ3n) is 5.70. The van der Waals surface area contributed by atoms with Crippen LogP contribution in [0.2, 0.25) is 5.02 Å². The van der Waals surface area contributed by atoms with Gasteiger partial charge in [0.1, 0.15) is 15.8 Å². The van der Waals surface area contributed by atoms with E-state index < -0.39 is 49.6 Å². The van der Waals surface area contributed by atoms with E-state index >= 15 is 0 Å². The molecule has 1 saturated carbocycles. The number of alkyl halides is 8. The van der Waals surface area contributed by atoms with Gasteiger partial charge in [0, 0.05) is 18.8 Å². The Hall–Kier alpha value is -2.07. The van der Waals surface area contributed by atoms with Crippen molar-refractivity contribution in [3.63, 3.8) is 0 Å². The van der Waals surface area contributed by atoms with E-state index in [4.69, 9.17) is 74.3 Å². The van der Waals surface area contributed by atoms with Crippen molar-refractivity contribution < 1.29 is 22.7 Å². The number of nitrogens with one attached hydrogen (secondary N) is 1. The first-order valence-electron chi connectivity index (χ1n) is 10.8. The average molecular weight is 665 g/mol. The Kier molecular flexibility index (Phi) is 8.22. The van der Waals surface area contributed by atoms with Crippen molar-refractivity contribution in [1.29, 1.82) is 5.26 Å². The second-order valence-corrected chi connectivity index (χ2v) is 11.9. The van der Waals surface area contributed by atoms with Crippen LogP contribution in [0.4, 0.5) is 13.2 Å². The lowest BCUT2D eigenvalue weighted by atomic mass is 10.1. The van der Waals surface area contributed by atoms with Crippen LogP contribution in [0.1, 0.15) is 28.8 Å². The van der Waals surface area contributed by atoms with Gasteiger partial charge >= 0.3 is 6.18 Å². The minimum absolute atomic E-state index is 0.0868. The molecular formula is C22H15Cl6F3N6O2. The summed E-state index contributed by atoms with van der Waals surface area (Å²) in [6.07, 6.45) is -1.39. The predicted molar refractivity (Wildman–Crippen MR) is 141 cm³/mol. The van der Waals surface area contributed by atoms with E-state index in [9.17, 15) is 23.2 Å². The SMILES string of the molecule is Cn1nc(OC(Cl)(Cl)C(Cl)C(Cl)Cl)c(C(F)(F)F)c1-n1cc(-c2ccc(Cl)c(C(=O)NC3(C#N)CC3)c2)cn1. The van der Waals surface area contributed by atoms with Crippen LogP contribution in [-0.2, 0) is 13.2 Å². The summed E-state index contributed by atoms with van der Waals surface area (Å²) in [4.78, 5) is 11.4. The van der Waals surface area contributed by atoms with Crippen LogP contribution in [-0.4, -0.2) is 45.7 Å². The summed E-state index contributed by atoms with van der Waals surface area (Å²) in [6, 6.07) is 6.51. The Balaban J connectivity index is 1.71. The molecule has 1 atom stereocenters. The minimum Gasteiger partial charge on any atom is -0.437 e. The highest BCUT2D eigenvalue weighted by Gasteiger charge is 2.47. The molecule has 3 aromatic rings. The normalized spacial score (nSPS) is 15.6. The minimum atomic E-state index is -5.00. The van der Waals surface area contributed by atoms with Crippen molar-refractivity contribution in [3.05, 3.63) is 46.7 Å². The third-order valence-corrected chi connectivity index (χ3v) is 8.20. The molecule has 0 radical (unpaired) electrons. The molecule has 1 aliphatic rings. The number of benzene rings is 1. The van der Waals surface area contributed by atoms with E-state index in [1.807, 2.05) is 0 Å². The summed E-state index contributed by atoms with van der Waals surface area (Å²) in [6.45, 7) is 0. The van der Waals surface area contributed by atoms with E-state index in [2.05, 4.69) is 21.6 Å². The summed E-state index contributed by atoms with van der Waals surface area (Å²) in [5.74, 6) is -2.08. The van der Waals surface area contributed by atoms with E-state index in [0.717, 1.165) is 9.36 Å². The fourth-order valence-electron chi connectivity index (χ4n) is 3.55. The highest BCUT2D eigenvalue weighted by atomic mass is 35.5. The van der Waals surface area contributed by atoms with Crippen LogP contribution < -0.4 is 10.1 Å². The number of nitrogens with zero attached hydrogens (tertiary/aromatic N) is 5. The number of nitriles is 1. The topological polar surface area (TPSA) is 97.8 Å². The number of carbonyl (C=O) groups excluding carboxylic acids is 1. The van der Waals surface area contributed by atoms with E-state index in [-0.39, 0.29) is 10.6 Å². The van der Waals surface area contributed by atoms with Gasteiger partial charge in [0.15, 0.2) is 11.4 Å². The maximum absolute atomic E-state index is 14.2. The Labute approximate surface area is 249 Å². The van der Waals surface area contributed by atoms with Gasteiger partial charge in [-0.25, -0.2) is 9.36 Å². The molecule has 208 valence electrons. The summed E-state index contributed by atoms with van der Waals surface area (Å²) in [5.41, 5.74) is -1.42. The lowest BCUT2D eigenvalue weighted by molar-refractivity contribution is -0.139. The molecule has 4 rings (SSSR count). The van der Waals surface area contributed by atoms with Crippen molar-refractivity contribution in [2.75, 3.05) is 0 Å². The van der Waals surface area contributed by atoms with Crippen molar-refractivity contribution in [1.82, 2.24) is 24.9 Å². The van der Waals surface area contributed by atoms with Gasteiger partial charge in [-0.2, -0.15) is 23.5 Å². The Morgan fingerprint density at radius 2 is 1.90 bits per heavy atom. The van der Waals surface area contributed by atoms with Crippen molar-refractivity contribution in [3.8, 4) is 28.9 Å². The molecule has 39 heavy (non-hydrogen) atoms. The molecule has 2 aromatic heterocycles. The quantitative estimate of drug-likeness (QED) is 0.272. The maximum atomic E-state index is 14.2. The first kappa shape index (κ1) is 29.9. The lowest BCUT2D eigenvalue weighted by Crippen LogP contribution is -2.38. The monoisotopic (exact) mass is 662 g/mol. The van der Waals surface area contributed by atoms with Crippen LogP contribution in [0, 0.1) is 11.3 Å². The second-order valence-electron chi connectivity index (χ2n) is 8.54. The molecule has 8 nitrogen and oxygen atoms in total. The molecule has 1 unspecified atom stereocenters. The van der Waals surface area contributed by atoms with Crippen LogP contribution in [0.25, 0.3) is 16.9 Å². The molecule has 0 saturated heterocycles. The van der Waals surface area contributed by atoms with E-state index in [1.165, 1.54) is 31.6 Å². The van der Waals surface area contributed by atoms with Gasteiger partial charge in [-0.05, 0) is 30.5 Å². The van der Waals surface area contributed by atoms with Crippen LogP contribution in [0.15, 0.2) is 30.6 Å². The van der Waals surface area contributed by atoms with Crippen LogP contribution in [0.3, 0.4) is 0 Å².